The Morgan fingerprint density at radius 2 is 2.10 bits per heavy atom. The number of benzene rings is 1. The van der Waals surface area contributed by atoms with Gasteiger partial charge in [0.2, 0.25) is 0 Å². The molecule has 0 aliphatic heterocycles. The van der Waals surface area contributed by atoms with Gasteiger partial charge in [-0.25, -0.2) is 4.39 Å². The van der Waals surface area contributed by atoms with E-state index in [0.29, 0.717) is 12.0 Å². The maximum Gasteiger partial charge on any atom is 0.123 e. The largest absolute Gasteiger partial charge is 0.313 e. The van der Waals surface area contributed by atoms with Gasteiger partial charge in [0.25, 0.3) is 0 Å². The summed E-state index contributed by atoms with van der Waals surface area (Å²) < 4.78 is 14.8. The van der Waals surface area contributed by atoms with E-state index in [-0.39, 0.29) is 5.82 Å². The van der Waals surface area contributed by atoms with Crippen LogP contribution in [0.5, 0.6) is 0 Å². The van der Waals surface area contributed by atoms with E-state index in [1.807, 2.05) is 25.4 Å². The van der Waals surface area contributed by atoms with E-state index in [4.69, 9.17) is 0 Å². The summed E-state index contributed by atoms with van der Waals surface area (Å²) >= 11 is 0. The van der Waals surface area contributed by atoms with Crippen molar-refractivity contribution >= 4 is 0 Å². The predicted molar refractivity (Wildman–Crippen MR) is 74.9 cm³/mol. The summed E-state index contributed by atoms with van der Waals surface area (Å²) in [7, 11) is 1.87. The molecule has 4 nitrogen and oxygen atoms in total. The molecule has 1 aliphatic rings. The van der Waals surface area contributed by atoms with Gasteiger partial charge in [0, 0.05) is 38.2 Å². The molecule has 1 heterocycles. The molecule has 1 unspecified atom stereocenters. The third-order valence-corrected chi connectivity index (χ3v) is 3.68. The van der Waals surface area contributed by atoms with Crippen LogP contribution in [0.2, 0.25) is 0 Å². The van der Waals surface area contributed by atoms with Gasteiger partial charge in [-0.15, -0.1) is 5.10 Å². The van der Waals surface area contributed by atoms with Crippen molar-refractivity contribution in [3.8, 4) is 0 Å². The molecule has 1 fully saturated rings. The van der Waals surface area contributed by atoms with Crippen molar-refractivity contribution in [1.29, 1.82) is 0 Å². The van der Waals surface area contributed by atoms with Gasteiger partial charge in [-0.1, -0.05) is 17.3 Å². The molecule has 1 aliphatic carbocycles. The van der Waals surface area contributed by atoms with Gasteiger partial charge in [-0.2, -0.15) is 0 Å². The monoisotopic (exact) mass is 274 g/mol. The number of aryl methyl sites for hydroxylation is 1. The minimum absolute atomic E-state index is 0.192. The Balaban J connectivity index is 1.73. The zero-order valence-corrected chi connectivity index (χ0v) is 11.6. The Hall–Kier alpha value is -1.75. The summed E-state index contributed by atoms with van der Waals surface area (Å²) in [6.45, 7) is 0.896. The summed E-state index contributed by atoms with van der Waals surface area (Å²) in [4.78, 5) is 0. The van der Waals surface area contributed by atoms with E-state index in [1.165, 1.54) is 25.0 Å². The van der Waals surface area contributed by atoms with Crippen LogP contribution < -0.4 is 5.32 Å². The van der Waals surface area contributed by atoms with Gasteiger partial charge in [0.15, 0.2) is 0 Å². The van der Waals surface area contributed by atoms with Crippen molar-refractivity contribution in [2.75, 3.05) is 6.54 Å². The van der Waals surface area contributed by atoms with Gasteiger partial charge in [0.1, 0.15) is 5.82 Å². The molecule has 0 radical (unpaired) electrons. The van der Waals surface area contributed by atoms with Crippen molar-refractivity contribution in [2.24, 2.45) is 7.05 Å². The average Bonchev–Trinajstić information content (AvgIpc) is 3.18. The van der Waals surface area contributed by atoms with E-state index in [1.54, 1.807) is 4.68 Å². The highest BCUT2D eigenvalue weighted by Gasteiger charge is 2.23. The fraction of sp³-hybridized carbons (Fsp3) is 0.467. The second kappa shape index (κ2) is 5.71. The number of hydrogen-bond acceptors (Lipinski definition) is 3. The molecular weight excluding hydrogens is 255 g/mol. The molecule has 20 heavy (non-hydrogen) atoms. The van der Waals surface area contributed by atoms with Crippen LogP contribution in [0.3, 0.4) is 0 Å². The Morgan fingerprint density at radius 3 is 2.70 bits per heavy atom. The molecule has 0 saturated heterocycles. The number of rotatable bonds is 6. The summed E-state index contributed by atoms with van der Waals surface area (Å²) in [6.07, 6.45) is 5.29. The van der Waals surface area contributed by atoms with E-state index < -0.39 is 0 Å². The SMILES string of the molecule is Cn1cc(CC(CNC2CC2)c2ccc(F)cc2)nn1. The van der Waals surface area contributed by atoms with Gasteiger partial charge in [-0.3, -0.25) is 4.68 Å². The Kier molecular flexibility index (Phi) is 3.78. The van der Waals surface area contributed by atoms with Crippen LogP contribution in [-0.4, -0.2) is 27.6 Å². The smallest absolute Gasteiger partial charge is 0.123 e. The lowest BCUT2D eigenvalue weighted by atomic mass is 9.94. The first kappa shape index (κ1) is 13.2. The first-order chi connectivity index (χ1) is 9.70. The van der Waals surface area contributed by atoms with Crippen LogP contribution >= 0.6 is 0 Å². The van der Waals surface area contributed by atoms with Crippen LogP contribution in [-0.2, 0) is 13.5 Å². The molecule has 3 rings (SSSR count). The number of nitrogens with zero attached hydrogens (tertiary/aromatic N) is 3. The first-order valence-electron chi connectivity index (χ1n) is 7.05. The average molecular weight is 274 g/mol. The van der Waals surface area contributed by atoms with Crippen molar-refractivity contribution in [1.82, 2.24) is 20.3 Å². The summed E-state index contributed by atoms with van der Waals surface area (Å²) in [6, 6.07) is 7.45. The number of halogens is 1. The minimum Gasteiger partial charge on any atom is -0.313 e. The lowest BCUT2D eigenvalue weighted by molar-refractivity contribution is 0.569. The first-order valence-corrected chi connectivity index (χ1v) is 7.05. The zero-order valence-electron chi connectivity index (χ0n) is 11.6. The number of aromatic nitrogens is 3. The second-order valence-corrected chi connectivity index (χ2v) is 5.52. The van der Waals surface area contributed by atoms with Crippen LogP contribution in [0.1, 0.15) is 30.0 Å². The molecule has 1 aromatic heterocycles. The molecule has 1 saturated carbocycles. The fourth-order valence-corrected chi connectivity index (χ4v) is 2.38. The van der Waals surface area contributed by atoms with E-state index in [2.05, 4.69) is 15.6 Å². The van der Waals surface area contributed by atoms with Crippen molar-refractivity contribution in [3.63, 3.8) is 0 Å². The highest BCUT2D eigenvalue weighted by Crippen LogP contribution is 2.23. The predicted octanol–water partition coefficient (Wildman–Crippen LogP) is 2.03. The lowest BCUT2D eigenvalue weighted by Gasteiger charge is -2.17. The molecule has 0 amide bonds. The molecule has 106 valence electrons. The normalized spacial score (nSPS) is 16.3. The maximum atomic E-state index is 13.1. The van der Waals surface area contributed by atoms with E-state index >= 15 is 0 Å². The molecular formula is C15H19FN4. The van der Waals surface area contributed by atoms with Crippen LogP contribution in [0.25, 0.3) is 0 Å². The Labute approximate surface area is 118 Å². The van der Waals surface area contributed by atoms with Crippen molar-refractivity contribution < 1.29 is 4.39 Å². The molecule has 0 spiro atoms. The molecule has 1 atom stereocenters. The Morgan fingerprint density at radius 1 is 1.35 bits per heavy atom. The van der Waals surface area contributed by atoms with Crippen LogP contribution in [0, 0.1) is 5.82 Å². The molecule has 5 heteroatoms. The van der Waals surface area contributed by atoms with Gasteiger partial charge < -0.3 is 5.32 Å². The van der Waals surface area contributed by atoms with E-state index in [0.717, 1.165) is 24.2 Å². The van der Waals surface area contributed by atoms with Gasteiger partial charge >= 0.3 is 0 Å². The molecule has 2 aromatic rings. The molecule has 0 bridgehead atoms. The zero-order chi connectivity index (χ0) is 13.9. The topological polar surface area (TPSA) is 42.7 Å². The summed E-state index contributed by atoms with van der Waals surface area (Å²) in [5.74, 6) is 0.107. The Bertz CT molecular complexity index is 560. The molecule has 1 aromatic carbocycles. The van der Waals surface area contributed by atoms with Crippen molar-refractivity contribution in [2.45, 2.75) is 31.2 Å². The second-order valence-electron chi connectivity index (χ2n) is 5.52. The third kappa shape index (κ3) is 3.42. The highest BCUT2D eigenvalue weighted by atomic mass is 19.1. The standard InChI is InChI=1S/C15H19FN4/c1-20-10-15(18-19-20)8-12(9-17-14-6-7-14)11-2-4-13(16)5-3-11/h2-5,10,12,14,17H,6-9H2,1H3. The van der Waals surface area contributed by atoms with Gasteiger partial charge in [-0.05, 0) is 30.5 Å². The lowest BCUT2D eigenvalue weighted by Crippen LogP contribution is -2.25. The summed E-state index contributed by atoms with van der Waals surface area (Å²) in [5, 5.41) is 11.7. The highest BCUT2D eigenvalue weighted by molar-refractivity contribution is 5.22. The van der Waals surface area contributed by atoms with Crippen LogP contribution in [0.15, 0.2) is 30.5 Å². The maximum absolute atomic E-state index is 13.1. The number of hydrogen-bond donors (Lipinski definition) is 1. The van der Waals surface area contributed by atoms with E-state index in [9.17, 15) is 4.39 Å². The quantitative estimate of drug-likeness (QED) is 0.876. The van der Waals surface area contributed by atoms with Crippen LogP contribution in [0.4, 0.5) is 4.39 Å². The minimum atomic E-state index is -0.192. The fourth-order valence-electron chi connectivity index (χ4n) is 2.38. The van der Waals surface area contributed by atoms with Crippen molar-refractivity contribution in [3.05, 3.63) is 47.5 Å². The van der Waals surface area contributed by atoms with Gasteiger partial charge in [0.05, 0.1) is 5.69 Å². The number of nitrogens with one attached hydrogen (secondary N) is 1. The molecule has 1 N–H and O–H groups in total. The summed E-state index contributed by atoms with van der Waals surface area (Å²) in [5.41, 5.74) is 2.12. The third-order valence-electron chi connectivity index (χ3n) is 3.68.